The lowest BCUT2D eigenvalue weighted by Gasteiger charge is -2.30. The molecule has 130 valence electrons. The normalized spacial score (nSPS) is 16.3. The number of aromatic amines is 1. The molecule has 0 aliphatic heterocycles. The van der Waals surface area contributed by atoms with Gasteiger partial charge in [-0.25, -0.2) is 4.98 Å². The van der Waals surface area contributed by atoms with Crippen LogP contribution >= 0.6 is 11.8 Å². The number of fused-ring (bicyclic) bond motifs is 1. The number of thioether (sulfide) groups is 1. The van der Waals surface area contributed by atoms with Crippen molar-refractivity contribution in [2.75, 3.05) is 12.3 Å². The number of para-hydroxylation sites is 2. The second kappa shape index (κ2) is 6.66. The molecule has 4 nitrogen and oxygen atoms in total. The molecule has 1 aromatic heterocycles. The molecule has 1 aromatic carbocycles. The fourth-order valence-corrected chi connectivity index (χ4v) is 3.47. The highest BCUT2D eigenvalue weighted by molar-refractivity contribution is 7.99. The van der Waals surface area contributed by atoms with Crippen molar-refractivity contribution < 1.29 is 18.0 Å². The molecule has 1 amide bonds. The molecule has 1 aliphatic rings. The van der Waals surface area contributed by atoms with E-state index in [4.69, 9.17) is 0 Å². The quantitative estimate of drug-likeness (QED) is 0.799. The molecule has 0 saturated heterocycles. The number of amides is 1. The monoisotopic (exact) mass is 357 g/mol. The molecule has 24 heavy (non-hydrogen) atoms. The van der Waals surface area contributed by atoms with Gasteiger partial charge < -0.3 is 9.88 Å². The van der Waals surface area contributed by atoms with Gasteiger partial charge in [-0.3, -0.25) is 4.79 Å². The van der Waals surface area contributed by atoms with Crippen LogP contribution < -0.4 is 0 Å². The summed E-state index contributed by atoms with van der Waals surface area (Å²) < 4.78 is 38.4. The molecule has 0 radical (unpaired) electrons. The Bertz CT molecular complexity index is 694. The van der Waals surface area contributed by atoms with Crippen LogP contribution in [0.5, 0.6) is 0 Å². The maximum Gasteiger partial charge on any atom is 0.406 e. The Labute approximate surface area is 141 Å². The first-order chi connectivity index (χ1) is 11.3. The highest BCUT2D eigenvalue weighted by Gasteiger charge is 2.40. The Morgan fingerprint density at radius 2 is 2.12 bits per heavy atom. The summed E-state index contributed by atoms with van der Waals surface area (Å²) in [6.07, 6.45) is -2.61. The van der Waals surface area contributed by atoms with E-state index in [0.717, 1.165) is 40.5 Å². The van der Waals surface area contributed by atoms with Crippen molar-refractivity contribution in [2.45, 2.75) is 37.1 Å². The van der Waals surface area contributed by atoms with E-state index in [-0.39, 0.29) is 17.7 Å². The van der Waals surface area contributed by atoms with Crippen LogP contribution in [0.1, 0.15) is 19.8 Å². The van der Waals surface area contributed by atoms with Crippen LogP contribution in [0, 0.1) is 5.92 Å². The van der Waals surface area contributed by atoms with Crippen molar-refractivity contribution in [1.82, 2.24) is 14.9 Å². The highest BCUT2D eigenvalue weighted by atomic mass is 32.2. The van der Waals surface area contributed by atoms with E-state index in [1.54, 1.807) is 6.92 Å². The molecule has 1 heterocycles. The average molecular weight is 357 g/mol. The van der Waals surface area contributed by atoms with Crippen molar-refractivity contribution in [3.8, 4) is 0 Å². The number of nitrogens with zero attached hydrogens (tertiary/aromatic N) is 2. The minimum Gasteiger partial charge on any atom is -0.333 e. The maximum absolute atomic E-state index is 12.8. The largest absolute Gasteiger partial charge is 0.406 e. The van der Waals surface area contributed by atoms with E-state index in [1.807, 2.05) is 24.3 Å². The number of carbonyl (C=O) groups is 1. The first-order valence-corrected chi connectivity index (χ1v) is 8.76. The van der Waals surface area contributed by atoms with E-state index in [2.05, 4.69) is 9.97 Å². The third kappa shape index (κ3) is 4.23. The van der Waals surface area contributed by atoms with E-state index in [1.165, 1.54) is 0 Å². The van der Waals surface area contributed by atoms with Crippen molar-refractivity contribution in [1.29, 1.82) is 0 Å². The Kier molecular flexibility index (Phi) is 4.76. The zero-order chi connectivity index (χ0) is 17.3. The SMILES string of the molecule is CC(C1CC1)N(CC(F)(F)F)C(=O)CSc1nc2ccccc2[nH]1. The van der Waals surface area contributed by atoms with E-state index < -0.39 is 18.6 Å². The third-order valence-electron chi connectivity index (χ3n) is 4.17. The predicted molar refractivity (Wildman–Crippen MR) is 86.8 cm³/mol. The number of nitrogens with one attached hydrogen (secondary N) is 1. The minimum absolute atomic E-state index is 0.0625. The Morgan fingerprint density at radius 3 is 2.75 bits per heavy atom. The van der Waals surface area contributed by atoms with Crippen LogP contribution in [-0.4, -0.2) is 45.3 Å². The molecule has 1 N–H and O–H groups in total. The van der Waals surface area contributed by atoms with Crippen molar-refractivity contribution in [2.24, 2.45) is 5.92 Å². The zero-order valence-electron chi connectivity index (χ0n) is 13.1. The molecule has 2 aromatic rings. The number of hydrogen-bond acceptors (Lipinski definition) is 3. The Morgan fingerprint density at radius 1 is 1.42 bits per heavy atom. The molecule has 0 spiro atoms. The summed E-state index contributed by atoms with van der Waals surface area (Å²) in [6, 6.07) is 7.03. The van der Waals surface area contributed by atoms with Gasteiger partial charge in [-0.2, -0.15) is 13.2 Å². The van der Waals surface area contributed by atoms with Gasteiger partial charge in [0.2, 0.25) is 5.91 Å². The lowest BCUT2D eigenvalue weighted by Crippen LogP contribution is -2.46. The predicted octanol–water partition coefficient (Wildman–Crippen LogP) is 3.84. The van der Waals surface area contributed by atoms with E-state index in [9.17, 15) is 18.0 Å². The van der Waals surface area contributed by atoms with Crippen LogP contribution in [0.2, 0.25) is 0 Å². The molecule has 1 atom stereocenters. The van der Waals surface area contributed by atoms with Gasteiger partial charge in [-0.15, -0.1) is 0 Å². The van der Waals surface area contributed by atoms with E-state index >= 15 is 0 Å². The molecule has 8 heteroatoms. The molecule has 1 fully saturated rings. The zero-order valence-corrected chi connectivity index (χ0v) is 14.0. The number of carbonyl (C=O) groups excluding carboxylic acids is 1. The summed E-state index contributed by atoms with van der Waals surface area (Å²) in [4.78, 5) is 20.7. The third-order valence-corrected chi connectivity index (χ3v) is 5.02. The molecule has 3 rings (SSSR count). The number of imidazole rings is 1. The van der Waals surface area contributed by atoms with Gasteiger partial charge in [0.1, 0.15) is 6.54 Å². The first-order valence-electron chi connectivity index (χ1n) is 7.77. The fraction of sp³-hybridized carbons (Fsp3) is 0.500. The number of hydrogen-bond donors (Lipinski definition) is 1. The minimum atomic E-state index is -4.39. The number of alkyl halides is 3. The second-order valence-electron chi connectivity index (χ2n) is 6.06. The topological polar surface area (TPSA) is 49.0 Å². The molecule has 1 aliphatic carbocycles. The lowest BCUT2D eigenvalue weighted by atomic mass is 10.2. The second-order valence-corrected chi connectivity index (χ2v) is 7.03. The Balaban J connectivity index is 1.65. The number of aromatic nitrogens is 2. The van der Waals surface area contributed by atoms with Gasteiger partial charge in [0.25, 0.3) is 0 Å². The van der Waals surface area contributed by atoms with E-state index in [0.29, 0.717) is 5.16 Å². The number of halogens is 3. The van der Waals surface area contributed by atoms with Crippen LogP contribution in [-0.2, 0) is 4.79 Å². The van der Waals surface area contributed by atoms with Gasteiger partial charge in [0, 0.05) is 6.04 Å². The molecular weight excluding hydrogens is 339 g/mol. The average Bonchev–Trinajstić information content (AvgIpc) is 3.28. The van der Waals surface area contributed by atoms with Crippen molar-refractivity contribution in [3.63, 3.8) is 0 Å². The van der Waals surface area contributed by atoms with Gasteiger partial charge in [0.05, 0.1) is 16.8 Å². The highest BCUT2D eigenvalue weighted by Crippen LogP contribution is 2.36. The standard InChI is InChI=1S/C16H18F3N3OS/c1-10(11-6-7-11)22(9-16(17,18)19)14(23)8-24-15-20-12-4-2-3-5-13(12)21-15/h2-5,10-11H,6-9H2,1H3,(H,20,21). The number of H-pyrrole nitrogens is 1. The van der Waals surface area contributed by atoms with Gasteiger partial charge in [-0.1, -0.05) is 23.9 Å². The maximum atomic E-state index is 12.8. The van der Waals surface area contributed by atoms with Crippen LogP contribution in [0.15, 0.2) is 29.4 Å². The van der Waals surface area contributed by atoms with Crippen LogP contribution in [0.25, 0.3) is 11.0 Å². The number of benzene rings is 1. The van der Waals surface area contributed by atoms with Crippen LogP contribution in [0.4, 0.5) is 13.2 Å². The Hall–Kier alpha value is -1.70. The smallest absolute Gasteiger partial charge is 0.333 e. The van der Waals surface area contributed by atoms with Gasteiger partial charge >= 0.3 is 6.18 Å². The summed E-state index contributed by atoms with van der Waals surface area (Å²) >= 11 is 1.13. The summed E-state index contributed by atoms with van der Waals surface area (Å²) in [7, 11) is 0. The van der Waals surface area contributed by atoms with Crippen molar-refractivity contribution >= 4 is 28.7 Å². The summed E-state index contributed by atoms with van der Waals surface area (Å²) in [5, 5.41) is 0.538. The van der Waals surface area contributed by atoms with Crippen molar-refractivity contribution in [3.05, 3.63) is 24.3 Å². The molecule has 1 saturated carbocycles. The van der Waals surface area contributed by atoms with Crippen LogP contribution in [0.3, 0.4) is 0 Å². The summed E-state index contributed by atoms with van der Waals surface area (Å²) in [5.74, 6) is -0.378. The lowest BCUT2D eigenvalue weighted by molar-refractivity contribution is -0.164. The summed E-state index contributed by atoms with van der Waals surface area (Å²) in [6.45, 7) is 0.511. The molecular formula is C16H18F3N3OS. The van der Waals surface area contributed by atoms with Gasteiger partial charge in [0.15, 0.2) is 5.16 Å². The van der Waals surface area contributed by atoms with Gasteiger partial charge in [-0.05, 0) is 37.8 Å². The fourth-order valence-electron chi connectivity index (χ4n) is 2.70. The number of rotatable bonds is 6. The first kappa shape index (κ1) is 17.1. The summed E-state index contributed by atoms with van der Waals surface area (Å²) in [5.41, 5.74) is 1.61. The molecule has 0 bridgehead atoms. The molecule has 1 unspecified atom stereocenters.